The first kappa shape index (κ1) is 20.5. The lowest BCUT2D eigenvalue weighted by Gasteiger charge is -2.22. The van der Waals surface area contributed by atoms with E-state index in [9.17, 15) is 9.59 Å². The number of nitrogens with one attached hydrogen (secondary N) is 1. The fraction of sp³-hybridized carbons (Fsp3) is 0.192. The zero-order valence-corrected chi connectivity index (χ0v) is 18.0. The SMILES string of the molecule is Cc1cccc(NC(=O)CN2C(=O)CC(c3ccc(C)c(C)c3)=Nc3ccccc32)c1. The molecule has 1 heterocycles. The molecule has 0 fully saturated rings. The zero-order chi connectivity index (χ0) is 22.0. The Hall–Kier alpha value is -3.73. The monoisotopic (exact) mass is 411 g/mol. The maximum atomic E-state index is 13.2. The Balaban J connectivity index is 1.62. The Morgan fingerprint density at radius 2 is 1.77 bits per heavy atom. The Kier molecular flexibility index (Phi) is 5.67. The van der Waals surface area contributed by atoms with Crippen molar-refractivity contribution >= 4 is 34.6 Å². The number of aliphatic imine (C=N–C) groups is 1. The number of hydrogen-bond acceptors (Lipinski definition) is 3. The molecule has 0 spiro atoms. The lowest BCUT2D eigenvalue weighted by molar-refractivity contribution is -0.120. The van der Waals surface area contributed by atoms with Gasteiger partial charge in [0.2, 0.25) is 11.8 Å². The predicted molar refractivity (Wildman–Crippen MR) is 125 cm³/mol. The molecule has 4 rings (SSSR count). The summed E-state index contributed by atoms with van der Waals surface area (Å²) in [7, 11) is 0. The standard InChI is InChI=1S/C26H25N3O2/c1-17-7-6-8-21(13-17)27-25(30)16-29-24-10-5-4-9-22(24)28-23(15-26(29)31)20-12-11-18(2)19(3)14-20/h4-14H,15-16H2,1-3H3,(H,27,30). The number of rotatable bonds is 4. The van der Waals surface area contributed by atoms with E-state index in [4.69, 9.17) is 4.99 Å². The highest BCUT2D eigenvalue weighted by molar-refractivity contribution is 6.19. The van der Waals surface area contributed by atoms with Crippen LogP contribution in [-0.4, -0.2) is 24.1 Å². The molecule has 0 radical (unpaired) electrons. The van der Waals surface area contributed by atoms with Gasteiger partial charge in [-0.3, -0.25) is 14.6 Å². The van der Waals surface area contributed by atoms with E-state index < -0.39 is 0 Å². The molecule has 1 N–H and O–H groups in total. The molecule has 0 aliphatic carbocycles. The Labute approximate surface area is 182 Å². The van der Waals surface area contributed by atoms with Crippen molar-refractivity contribution in [1.82, 2.24) is 0 Å². The lowest BCUT2D eigenvalue weighted by atomic mass is 10.0. The van der Waals surface area contributed by atoms with Crippen molar-refractivity contribution in [3.05, 3.63) is 89.0 Å². The van der Waals surface area contributed by atoms with Crippen LogP contribution in [0.4, 0.5) is 17.1 Å². The van der Waals surface area contributed by atoms with Gasteiger partial charge in [-0.05, 0) is 73.4 Å². The third-order valence-corrected chi connectivity index (χ3v) is 5.49. The molecule has 3 aromatic carbocycles. The first-order chi connectivity index (χ1) is 14.9. The average Bonchev–Trinajstić information content (AvgIpc) is 2.87. The molecule has 0 atom stereocenters. The topological polar surface area (TPSA) is 61.8 Å². The second-order valence-corrected chi connectivity index (χ2v) is 7.92. The summed E-state index contributed by atoms with van der Waals surface area (Å²) in [5, 5.41) is 2.89. The minimum atomic E-state index is -0.247. The van der Waals surface area contributed by atoms with Crippen molar-refractivity contribution in [2.45, 2.75) is 27.2 Å². The van der Waals surface area contributed by atoms with Crippen LogP contribution >= 0.6 is 0 Å². The average molecular weight is 412 g/mol. The summed E-state index contributed by atoms with van der Waals surface area (Å²) in [4.78, 5) is 32.3. The molecule has 0 bridgehead atoms. The van der Waals surface area contributed by atoms with Gasteiger partial charge in [0.15, 0.2) is 0 Å². The van der Waals surface area contributed by atoms with Gasteiger partial charge < -0.3 is 10.2 Å². The second kappa shape index (κ2) is 8.56. The molecule has 0 saturated carbocycles. The van der Waals surface area contributed by atoms with Crippen molar-refractivity contribution in [1.29, 1.82) is 0 Å². The Bertz CT molecular complexity index is 1200. The Morgan fingerprint density at radius 3 is 2.55 bits per heavy atom. The minimum Gasteiger partial charge on any atom is -0.325 e. The van der Waals surface area contributed by atoms with Crippen LogP contribution < -0.4 is 10.2 Å². The molecule has 31 heavy (non-hydrogen) atoms. The van der Waals surface area contributed by atoms with Crippen LogP contribution in [-0.2, 0) is 9.59 Å². The molecule has 3 aromatic rings. The number of carbonyl (C=O) groups excluding carboxylic acids is 2. The largest absolute Gasteiger partial charge is 0.325 e. The van der Waals surface area contributed by atoms with Crippen molar-refractivity contribution in [3.63, 3.8) is 0 Å². The molecule has 1 aliphatic rings. The van der Waals surface area contributed by atoms with Gasteiger partial charge in [0, 0.05) is 5.69 Å². The molecule has 1 aliphatic heterocycles. The molecular formula is C26H25N3O2. The highest BCUT2D eigenvalue weighted by atomic mass is 16.2. The van der Waals surface area contributed by atoms with Gasteiger partial charge in [-0.15, -0.1) is 0 Å². The van der Waals surface area contributed by atoms with E-state index in [2.05, 4.69) is 18.3 Å². The maximum Gasteiger partial charge on any atom is 0.244 e. The van der Waals surface area contributed by atoms with Gasteiger partial charge in [0.1, 0.15) is 6.54 Å². The number of benzene rings is 3. The third kappa shape index (κ3) is 4.56. The fourth-order valence-electron chi connectivity index (χ4n) is 3.67. The summed E-state index contributed by atoms with van der Waals surface area (Å²) in [6, 6.07) is 21.1. The summed E-state index contributed by atoms with van der Waals surface area (Å²) in [6.07, 6.45) is 0.134. The number of para-hydroxylation sites is 2. The van der Waals surface area contributed by atoms with E-state index in [1.807, 2.05) is 74.5 Å². The van der Waals surface area contributed by atoms with Gasteiger partial charge >= 0.3 is 0 Å². The molecule has 0 aromatic heterocycles. The van der Waals surface area contributed by atoms with Gasteiger partial charge in [-0.25, -0.2) is 0 Å². The number of anilines is 2. The normalized spacial score (nSPS) is 13.3. The van der Waals surface area contributed by atoms with Crippen molar-refractivity contribution < 1.29 is 9.59 Å². The van der Waals surface area contributed by atoms with E-state index in [1.165, 1.54) is 10.5 Å². The van der Waals surface area contributed by atoms with Gasteiger partial charge in [0.25, 0.3) is 0 Å². The smallest absolute Gasteiger partial charge is 0.244 e. The first-order valence-electron chi connectivity index (χ1n) is 10.3. The highest BCUT2D eigenvalue weighted by Crippen LogP contribution is 2.33. The van der Waals surface area contributed by atoms with Crippen LogP contribution in [0.3, 0.4) is 0 Å². The Morgan fingerprint density at radius 1 is 0.968 bits per heavy atom. The third-order valence-electron chi connectivity index (χ3n) is 5.49. The molecule has 5 heteroatoms. The van der Waals surface area contributed by atoms with E-state index in [1.54, 1.807) is 0 Å². The maximum absolute atomic E-state index is 13.2. The molecule has 0 saturated heterocycles. The molecule has 156 valence electrons. The molecular weight excluding hydrogens is 386 g/mol. The van der Waals surface area contributed by atoms with Gasteiger partial charge in [-0.1, -0.05) is 36.4 Å². The fourth-order valence-corrected chi connectivity index (χ4v) is 3.67. The molecule has 5 nitrogen and oxygen atoms in total. The second-order valence-electron chi connectivity index (χ2n) is 7.92. The summed E-state index contributed by atoms with van der Waals surface area (Å²) in [5.41, 5.74) is 7.09. The molecule has 2 amide bonds. The van der Waals surface area contributed by atoms with E-state index >= 15 is 0 Å². The van der Waals surface area contributed by atoms with Crippen molar-refractivity contribution in [2.24, 2.45) is 4.99 Å². The zero-order valence-electron chi connectivity index (χ0n) is 18.0. The van der Waals surface area contributed by atoms with E-state index in [0.717, 1.165) is 16.7 Å². The molecule has 0 unspecified atom stereocenters. The summed E-state index contributed by atoms with van der Waals surface area (Å²) >= 11 is 0. The van der Waals surface area contributed by atoms with E-state index in [0.29, 0.717) is 22.8 Å². The highest BCUT2D eigenvalue weighted by Gasteiger charge is 2.26. The number of fused-ring (bicyclic) bond motifs is 1. The van der Waals surface area contributed by atoms with Crippen LogP contribution in [0.15, 0.2) is 71.7 Å². The van der Waals surface area contributed by atoms with Crippen molar-refractivity contribution in [3.8, 4) is 0 Å². The number of amides is 2. The van der Waals surface area contributed by atoms with Crippen molar-refractivity contribution in [2.75, 3.05) is 16.8 Å². The number of aryl methyl sites for hydroxylation is 3. The number of carbonyl (C=O) groups is 2. The van der Waals surface area contributed by atoms with Crippen LogP contribution in [0, 0.1) is 20.8 Å². The predicted octanol–water partition coefficient (Wildman–Crippen LogP) is 5.11. The van der Waals surface area contributed by atoms with Gasteiger partial charge in [-0.2, -0.15) is 0 Å². The first-order valence-corrected chi connectivity index (χ1v) is 10.3. The van der Waals surface area contributed by atoms with E-state index in [-0.39, 0.29) is 24.8 Å². The van der Waals surface area contributed by atoms with Crippen LogP contribution in [0.2, 0.25) is 0 Å². The lowest BCUT2D eigenvalue weighted by Crippen LogP contribution is -2.38. The van der Waals surface area contributed by atoms with Crippen LogP contribution in [0.25, 0.3) is 0 Å². The van der Waals surface area contributed by atoms with Gasteiger partial charge in [0.05, 0.1) is 23.5 Å². The summed E-state index contributed by atoms with van der Waals surface area (Å²) in [6.45, 7) is 6.01. The number of nitrogens with zero attached hydrogens (tertiary/aromatic N) is 2. The minimum absolute atomic E-state index is 0.0699. The van der Waals surface area contributed by atoms with Crippen LogP contribution in [0.1, 0.15) is 28.7 Å². The summed E-state index contributed by atoms with van der Waals surface area (Å²) in [5.74, 6) is -0.398. The summed E-state index contributed by atoms with van der Waals surface area (Å²) < 4.78 is 0. The number of hydrogen-bond donors (Lipinski definition) is 1. The van der Waals surface area contributed by atoms with Crippen LogP contribution in [0.5, 0.6) is 0 Å². The quantitative estimate of drug-likeness (QED) is 0.649.